The molecule has 1 atom stereocenters. The zero-order valence-electron chi connectivity index (χ0n) is 12.5. The molecular formula is C13H19F3N4O2. The van der Waals surface area contributed by atoms with E-state index in [4.69, 9.17) is 0 Å². The number of piperazine rings is 1. The van der Waals surface area contributed by atoms with Crippen LogP contribution >= 0.6 is 0 Å². The number of nitrogens with zero attached hydrogens (tertiary/aromatic N) is 4. The number of aliphatic hydroxyl groups excluding tert-OH is 1. The van der Waals surface area contributed by atoms with Gasteiger partial charge in [-0.05, 0) is 6.92 Å². The second-order valence-corrected chi connectivity index (χ2v) is 5.50. The number of hydrogen-bond donors (Lipinski definition) is 1. The largest absolute Gasteiger partial charge is 0.435 e. The minimum absolute atomic E-state index is 0.331. The summed E-state index contributed by atoms with van der Waals surface area (Å²) in [5.41, 5.74) is -1.56. The summed E-state index contributed by atoms with van der Waals surface area (Å²) >= 11 is 0. The molecule has 1 amide bonds. The van der Waals surface area contributed by atoms with E-state index in [1.54, 1.807) is 6.92 Å². The Morgan fingerprint density at radius 1 is 1.36 bits per heavy atom. The minimum atomic E-state index is -4.65. The van der Waals surface area contributed by atoms with E-state index in [2.05, 4.69) is 5.10 Å². The van der Waals surface area contributed by atoms with Gasteiger partial charge in [0, 0.05) is 46.0 Å². The summed E-state index contributed by atoms with van der Waals surface area (Å²) < 4.78 is 39.7. The van der Waals surface area contributed by atoms with Crippen molar-refractivity contribution in [2.45, 2.75) is 19.2 Å². The van der Waals surface area contributed by atoms with E-state index < -0.39 is 29.4 Å². The molecule has 1 saturated heterocycles. The minimum Gasteiger partial charge on any atom is -0.392 e. The fraction of sp³-hybridized carbons (Fsp3) is 0.692. The summed E-state index contributed by atoms with van der Waals surface area (Å²) in [7, 11) is 1.35. The molecule has 0 radical (unpaired) electrons. The molecule has 0 bridgehead atoms. The normalized spacial score (nSPS) is 18.5. The number of aromatic nitrogens is 2. The van der Waals surface area contributed by atoms with Gasteiger partial charge in [0.1, 0.15) is 0 Å². The molecule has 0 saturated carbocycles. The number of halogens is 3. The first-order valence-corrected chi connectivity index (χ1v) is 6.99. The van der Waals surface area contributed by atoms with Gasteiger partial charge in [-0.15, -0.1) is 0 Å². The number of alkyl halides is 3. The van der Waals surface area contributed by atoms with Crippen molar-refractivity contribution < 1.29 is 23.1 Å². The highest BCUT2D eigenvalue weighted by atomic mass is 19.4. The van der Waals surface area contributed by atoms with Gasteiger partial charge >= 0.3 is 6.18 Å². The van der Waals surface area contributed by atoms with Crippen LogP contribution in [0.4, 0.5) is 13.2 Å². The van der Waals surface area contributed by atoms with E-state index in [0.29, 0.717) is 32.7 Å². The van der Waals surface area contributed by atoms with Crippen molar-refractivity contribution in [1.29, 1.82) is 0 Å². The first-order chi connectivity index (χ1) is 10.2. The highest BCUT2D eigenvalue weighted by Crippen LogP contribution is 2.31. The Labute approximate surface area is 126 Å². The quantitative estimate of drug-likeness (QED) is 0.885. The van der Waals surface area contributed by atoms with Gasteiger partial charge in [0.15, 0.2) is 5.69 Å². The van der Waals surface area contributed by atoms with Gasteiger partial charge in [-0.1, -0.05) is 0 Å². The molecule has 2 heterocycles. The van der Waals surface area contributed by atoms with Crippen LogP contribution in [0.5, 0.6) is 0 Å². The summed E-state index contributed by atoms with van der Waals surface area (Å²) in [6.07, 6.45) is -4.02. The van der Waals surface area contributed by atoms with Crippen LogP contribution in [-0.4, -0.2) is 69.4 Å². The maximum Gasteiger partial charge on any atom is 0.435 e. The van der Waals surface area contributed by atoms with Crippen LogP contribution in [0.15, 0.2) is 6.20 Å². The molecule has 22 heavy (non-hydrogen) atoms. The molecule has 1 N–H and O–H groups in total. The second kappa shape index (κ2) is 6.25. The van der Waals surface area contributed by atoms with E-state index in [1.807, 2.05) is 4.90 Å². The third-order valence-corrected chi connectivity index (χ3v) is 3.51. The van der Waals surface area contributed by atoms with Crippen molar-refractivity contribution in [3.8, 4) is 0 Å². The third kappa shape index (κ3) is 3.77. The van der Waals surface area contributed by atoms with Gasteiger partial charge in [0.05, 0.1) is 11.7 Å². The zero-order chi connectivity index (χ0) is 16.5. The van der Waals surface area contributed by atoms with Crippen molar-refractivity contribution >= 4 is 5.91 Å². The smallest absolute Gasteiger partial charge is 0.392 e. The van der Waals surface area contributed by atoms with Crippen LogP contribution in [0, 0.1) is 0 Å². The van der Waals surface area contributed by atoms with Crippen molar-refractivity contribution in [2.24, 2.45) is 7.05 Å². The fourth-order valence-electron chi connectivity index (χ4n) is 2.53. The summed E-state index contributed by atoms with van der Waals surface area (Å²) in [5, 5.41) is 12.7. The van der Waals surface area contributed by atoms with E-state index >= 15 is 0 Å². The molecule has 6 nitrogen and oxygen atoms in total. The summed E-state index contributed by atoms with van der Waals surface area (Å²) in [6, 6.07) is 0. The lowest BCUT2D eigenvalue weighted by molar-refractivity contribution is -0.141. The van der Waals surface area contributed by atoms with E-state index in [9.17, 15) is 23.1 Å². The van der Waals surface area contributed by atoms with Gasteiger partial charge in [-0.25, -0.2) is 0 Å². The van der Waals surface area contributed by atoms with Gasteiger partial charge < -0.3 is 10.0 Å². The van der Waals surface area contributed by atoms with Crippen LogP contribution < -0.4 is 0 Å². The zero-order valence-corrected chi connectivity index (χ0v) is 12.5. The first kappa shape index (κ1) is 16.8. The van der Waals surface area contributed by atoms with E-state index in [1.165, 1.54) is 11.9 Å². The summed E-state index contributed by atoms with van der Waals surface area (Å²) in [4.78, 5) is 15.7. The lowest BCUT2D eigenvalue weighted by atomic mass is 10.2. The number of carbonyl (C=O) groups excluding carboxylic acids is 1. The molecule has 1 aliphatic heterocycles. The summed E-state index contributed by atoms with van der Waals surface area (Å²) in [5.74, 6) is -0.655. The number of β-amino-alcohol motifs (C(OH)–C–C–N with tert-alkyl or cyclic N) is 1. The SMILES string of the molecule is C[C@H](O)CN1CCN(C(=O)c2cn(C)nc2C(F)(F)F)CC1. The van der Waals surface area contributed by atoms with Gasteiger partial charge in [-0.3, -0.25) is 14.4 Å². The maximum atomic E-state index is 12.9. The van der Waals surface area contributed by atoms with Gasteiger partial charge in [-0.2, -0.15) is 18.3 Å². The molecule has 124 valence electrons. The molecule has 0 aromatic carbocycles. The molecule has 1 aromatic rings. The Balaban J connectivity index is 2.08. The Bertz CT molecular complexity index is 534. The molecule has 0 aliphatic carbocycles. The first-order valence-electron chi connectivity index (χ1n) is 6.99. The van der Waals surface area contributed by atoms with E-state index in [-0.39, 0.29) is 0 Å². The monoisotopic (exact) mass is 320 g/mol. The molecule has 0 unspecified atom stereocenters. The fourth-order valence-corrected chi connectivity index (χ4v) is 2.53. The number of aryl methyl sites for hydroxylation is 1. The molecule has 1 aromatic heterocycles. The van der Waals surface area contributed by atoms with Crippen LogP contribution in [-0.2, 0) is 13.2 Å². The predicted molar refractivity (Wildman–Crippen MR) is 72.2 cm³/mol. The van der Waals surface area contributed by atoms with Crippen molar-refractivity contribution in [3.05, 3.63) is 17.5 Å². The van der Waals surface area contributed by atoms with Gasteiger partial charge in [0.25, 0.3) is 5.91 Å². The van der Waals surface area contributed by atoms with Crippen LogP contribution in [0.1, 0.15) is 23.0 Å². The highest BCUT2D eigenvalue weighted by molar-refractivity contribution is 5.95. The maximum absolute atomic E-state index is 12.9. The predicted octanol–water partition coefficient (Wildman–Crippen LogP) is 0.578. The Hall–Kier alpha value is -1.61. The van der Waals surface area contributed by atoms with Crippen LogP contribution in [0.25, 0.3) is 0 Å². The van der Waals surface area contributed by atoms with E-state index in [0.717, 1.165) is 10.9 Å². The second-order valence-electron chi connectivity index (χ2n) is 5.50. The van der Waals surface area contributed by atoms with Crippen molar-refractivity contribution in [1.82, 2.24) is 19.6 Å². The van der Waals surface area contributed by atoms with Crippen molar-refractivity contribution in [3.63, 3.8) is 0 Å². The van der Waals surface area contributed by atoms with Crippen LogP contribution in [0.2, 0.25) is 0 Å². The average Bonchev–Trinajstić information content (AvgIpc) is 2.80. The molecule has 2 rings (SSSR count). The Morgan fingerprint density at radius 3 is 2.45 bits per heavy atom. The number of rotatable bonds is 3. The molecule has 9 heteroatoms. The van der Waals surface area contributed by atoms with Crippen LogP contribution in [0.3, 0.4) is 0 Å². The number of carbonyl (C=O) groups is 1. The molecule has 1 fully saturated rings. The Morgan fingerprint density at radius 2 is 1.95 bits per heavy atom. The number of amides is 1. The molecular weight excluding hydrogens is 301 g/mol. The molecule has 0 spiro atoms. The third-order valence-electron chi connectivity index (χ3n) is 3.51. The molecule has 1 aliphatic rings. The van der Waals surface area contributed by atoms with Gasteiger partial charge in [0.2, 0.25) is 0 Å². The Kier molecular flexibility index (Phi) is 4.76. The topological polar surface area (TPSA) is 61.6 Å². The standard InChI is InChI=1S/C13H19F3N4O2/c1-9(21)7-19-3-5-20(6-4-19)12(22)10-8-18(2)17-11(10)13(14,15)16/h8-9,21H,3-7H2,1-2H3/t9-/m0/s1. The summed E-state index contributed by atoms with van der Waals surface area (Å²) in [6.45, 7) is 3.87. The highest BCUT2D eigenvalue weighted by Gasteiger charge is 2.40. The number of aliphatic hydroxyl groups is 1. The lowest BCUT2D eigenvalue weighted by Gasteiger charge is -2.35. The van der Waals surface area contributed by atoms with Crippen molar-refractivity contribution in [2.75, 3.05) is 32.7 Å². The lowest BCUT2D eigenvalue weighted by Crippen LogP contribution is -2.50. The number of hydrogen-bond acceptors (Lipinski definition) is 4. The average molecular weight is 320 g/mol.